The maximum atomic E-state index is 12.0. The molecule has 0 radical (unpaired) electrons. The summed E-state index contributed by atoms with van der Waals surface area (Å²) in [6.07, 6.45) is 12.8. The first-order chi connectivity index (χ1) is 10.2. The van der Waals surface area contributed by atoms with E-state index in [-0.39, 0.29) is 35.5 Å². The second-order valence-electron chi connectivity index (χ2n) is 6.14. The minimum Gasteiger partial charge on any atom is -0.548 e. The molecule has 0 saturated carbocycles. The molecule has 1 heterocycles. The molecule has 5 heteroatoms. The number of carboxylic acids is 1. The van der Waals surface area contributed by atoms with E-state index in [1.165, 1.54) is 49.8 Å². The Balaban J connectivity index is 0.00000441. The number of unbranched alkanes of at least 4 members (excludes halogenated alkanes) is 8. The fraction of sp³-hybridized carbons (Fsp3) is 0.882. The van der Waals surface area contributed by atoms with Crippen molar-refractivity contribution in [2.24, 2.45) is 0 Å². The summed E-state index contributed by atoms with van der Waals surface area (Å²) in [6, 6.07) is -0.684. The molecule has 0 bridgehead atoms. The molecule has 1 saturated heterocycles. The van der Waals surface area contributed by atoms with Gasteiger partial charge >= 0.3 is 29.6 Å². The van der Waals surface area contributed by atoms with Gasteiger partial charge in [0.25, 0.3) is 0 Å². The van der Waals surface area contributed by atoms with E-state index < -0.39 is 12.0 Å². The third kappa shape index (κ3) is 8.54. The van der Waals surface area contributed by atoms with Crippen LogP contribution in [0.15, 0.2) is 0 Å². The molecule has 122 valence electrons. The first kappa shape index (κ1) is 21.9. The van der Waals surface area contributed by atoms with E-state index in [2.05, 4.69) is 6.92 Å². The van der Waals surface area contributed by atoms with E-state index in [9.17, 15) is 14.7 Å². The van der Waals surface area contributed by atoms with Crippen LogP contribution >= 0.6 is 0 Å². The van der Waals surface area contributed by atoms with Crippen LogP contribution in [0.1, 0.15) is 84.0 Å². The smallest absolute Gasteiger partial charge is 0.548 e. The summed E-state index contributed by atoms with van der Waals surface area (Å²) >= 11 is 0. The van der Waals surface area contributed by atoms with Crippen LogP contribution in [0.3, 0.4) is 0 Å². The molecule has 1 rings (SSSR count). The summed E-state index contributed by atoms with van der Waals surface area (Å²) < 4.78 is 0. The number of carbonyl (C=O) groups excluding carboxylic acids is 2. The number of amides is 1. The predicted octanol–water partition coefficient (Wildman–Crippen LogP) is -0.348. The molecule has 1 aliphatic heterocycles. The average Bonchev–Trinajstić information content (AvgIpc) is 2.95. The number of nitrogens with zero attached hydrogens (tertiary/aromatic N) is 1. The maximum absolute atomic E-state index is 12.0. The molecular formula is C17H30NNaO3. The summed E-state index contributed by atoms with van der Waals surface area (Å²) in [7, 11) is 0. The minimum atomic E-state index is -1.10. The minimum absolute atomic E-state index is 0. The van der Waals surface area contributed by atoms with Crippen LogP contribution in [0.2, 0.25) is 0 Å². The molecule has 4 nitrogen and oxygen atoms in total. The Bertz CT molecular complexity index is 323. The number of rotatable bonds is 11. The van der Waals surface area contributed by atoms with Crippen molar-refractivity contribution in [1.82, 2.24) is 4.90 Å². The van der Waals surface area contributed by atoms with Crippen molar-refractivity contribution in [3.8, 4) is 0 Å². The van der Waals surface area contributed by atoms with Gasteiger partial charge in [0.2, 0.25) is 5.91 Å². The van der Waals surface area contributed by atoms with Gasteiger partial charge in [0, 0.05) is 13.0 Å². The van der Waals surface area contributed by atoms with Gasteiger partial charge in [-0.3, -0.25) is 4.79 Å². The zero-order valence-corrected chi connectivity index (χ0v) is 16.4. The Labute approximate surface area is 157 Å². The van der Waals surface area contributed by atoms with Crippen molar-refractivity contribution in [1.29, 1.82) is 0 Å². The molecule has 0 aliphatic carbocycles. The third-order valence-corrected chi connectivity index (χ3v) is 4.34. The standard InChI is InChI=1S/C17H31NO3.Na/c1-2-3-4-5-6-7-8-9-10-13-16(19)18-14-11-12-15(18)17(20)21;/h15H,2-14H2,1H3,(H,20,21);/q;+1/p-1. The summed E-state index contributed by atoms with van der Waals surface area (Å²) in [4.78, 5) is 24.4. The Hall–Kier alpha value is -0.0600. The van der Waals surface area contributed by atoms with Crippen molar-refractivity contribution in [3.05, 3.63) is 0 Å². The van der Waals surface area contributed by atoms with Crippen molar-refractivity contribution < 1.29 is 44.3 Å². The molecule has 1 unspecified atom stereocenters. The molecule has 0 aromatic heterocycles. The number of hydrogen-bond donors (Lipinski definition) is 0. The van der Waals surface area contributed by atoms with Crippen molar-refractivity contribution >= 4 is 11.9 Å². The average molecular weight is 319 g/mol. The van der Waals surface area contributed by atoms with E-state index >= 15 is 0 Å². The fourth-order valence-corrected chi connectivity index (χ4v) is 3.04. The zero-order chi connectivity index (χ0) is 15.5. The molecule has 1 aliphatic rings. The molecule has 0 aromatic rings. The third-order valence-electron chi connectivity index (χ3n) is 4.34. The molecule has 0 aromatic carbocycles. The number of likely N-dealkylation sites (tertiary alicyclic amines) is 1. The van der Waals surface area contributed by atoms with E-state index in [0.717, 1.165) is 19.3 Å². The quantitative estimate of drug-likeness (QED) is 0.386. The van der Waals surface area contributed by atoms with E-state index in [1.807, 2.05) is 0 Å². The van der Waals surface area contributed by atoms with Gasteiger partial charge in [0.1, 0.15) is 0 Å². The first-order valence-corrected chi connectivity index (χ1v) is 8.67. The van der Waals surface area contributed by atoms with Crippen LogP contribution < -0.4 is 34.7 Å². The second kappa shape index (κ2) is 13.4. The van der Waals surface area contributed by atoms with Crippen LogP contribution in [0.25, 0.3) is 0 Å². The van der Waals surface area contributed by atoms with Gasteiger partial charge in [-0.1, -0.05) is 58.3 Å². The maximum Gasteiger partial charge on any atom is 1.00 e. The topological polar surface area (TPSA) is 60.4 Å². The van der Waals surface area contributed by atoms with Gasteiger partial charge in [-0.05, 0) is 19.3 Å². The largest absolute Gasteiger partial charge is 1.00 e. The molecule has 22 heavy (non-hydrogen) atoms. The van der Waals surface area contributed by atoms with Crippen molar-refractivity contribution in [2.45, 2.75) is 90.0 Å². The normalized spacial score (nSPS) is 17.3. The summed E-state index contributed by atoms with van der Waals surface area (Å²) in [6.45, 7) is 2.80. The fourth-order valence-electron chi connectivity index (χ4n) is 3.04. The van der Waals surface area contributed by atoms with Gasteiger partial charge in [0.15, 0.2) is 0 Å². The number of hydrogen-bond acceptors (Lipinski definition) is 3. The predicted molar refractivity (Wildman–Crippen MR) is 81.6 cm³/mol. The van der Waals surface area contributed by atoms with Gasteiger partial charge in [-0.25, -0.2) is 0 Å². The van der Waals surface area contributed by atoms with Crippen LogP contribution in [-0.2, 0) is 9.59 Å². The Morgan fingerprint density at radius 1 is 1.00 bits per heavy atom. The van der Waals surface area contributed by atoms with E-state index in [4.69, 9.17) is 0 Å². The Morgan fingerprint density at radius 3 is 2.09 bits per heavy atom. The van der Waals surface area contributed by atoms with Gasteiger partial charge in [-0.2, -0.15) is 0 Å². The van der Waals surface area contributed by atoms with Crippen LogP contribution in [0, 0.1) is 0 Å². The molecule has 1 atom stereocenters. The number of carbonyl (C=O) groups is 2. The Morgan fingerprint density at radius 2 is 1.55 bits per heavy atom. The SMILES string of the molecule is CCCCCCCCCCCC(=O)N1CCCC1C(=O)[O-].[Na+]. The number of aliphatic carboxylic acids is 1. The van der Waals surface area contributed by atoms with Crippen LogP contribution in [0.5, 0.6) is 0 Å². The molecule has 0 spiro atoms. The summed E-state index contributed by atoms with van der Waals surface area (Å²) in [5.41, 5.74) is 0. The Kier molecular flexibility index (Phi) is 13.3. The first-order valence-electron chi connectivity index (χ1n) is 8.67. The van der Waals surface area contributed by atoms with Crippen LogP contribution in [0.4, 0.5) is 0 Å². The molecular weight excluding hydrogens is 289 g/mol. The van der Waals surface area contributed by atoms with Crippen molar-refractivity contribution in [2.75, 3.05) is 6.54 Å². The van der Waals surface area contributed by atoms with E-state index in [0.29, 0.717) is 19.4 Å². The molecule has 0 N–H and O–H groups in total. The zero-order valence-electron chi connectivity index (χ0n) is 14.4. The van der Waals surface area contributed by atoms with E-state index in [1.54, 1.807) is 0 Å². The summed E-state index contributed by atoms with van der Waals surface area (Å²) in [5, 5.41) is 10.9. The van der Waals surface area contributed by atoms with Crippen LogP contribution in [-0.4, -0.2) is 29.4 Å². The van der Waals surface area contributed by atoms with Crippen molar-refractivity contribution in [3.63, 3.8) is 0 Å². The number of carboxylic acid groups (broad SMARTS) is 1. The van der Waals surface area contributed by atoms with Gasteiger partial charge in [-0.15, -0.1) is 0 Å². The summed E-state index contributed by atoms with van der Waals surface area (Å²) in [5.74, 6) is -1.11. The molecule has 1 fully saturated rings. The van der Waals surface area contributed by atoms with Gasteiger partial charge in [0.05, 0.1) is 12.0 Å². The van der Waals surface area contributed by atoms with Gasteiger partial charge < -0.3 is 14.8 Å². The second-order valence-corrected chi connectivity index (χ2v) is 6.14. The molecule has 1 amide bonds. The monoisotopic (exact) mass is 319 g/mol.